The van der Waals surface area contributed by atoms with Crippen molar-refractivity contribution in [2.24, 2.45) is 5.92 Å². The van der Waals surface area contributed by atoms with Crippen LogP contribution in [-0.2, 0) is 4.79 Å². The molecule has 0 saturated carbocycles. The number of carbonyl (C=O) groups excluding carboxylic acids is 1. The lowest BCUT2D eigenvalue weighted by atomic mass is 9.96. The summed E-state index contributed by atoms with van der Waals surface area (Å²) in [6, 6.07) is 13.0. The molecule has 1 aliphatic rings. The van der Waals surface area contributed by atoms with Crippen molar-refractivity contribution in [2.45, 2.75) is 12.8 Å². The van der Waals surface area contributed by atoms with Gasteiger partial charge in [0.2, 0.25) is 0 Å². The number of pyridine rings is 1. The summed E-state index contributed by atoms with van der Waals surface area (Å²) in [6.45, 7) is 5.40. The molecule has 0 aliphatic carbocycles. The average Bonchev–Trinajstić information content (AvgIpc) is 2.88. The second-order valence-corrected chi connectivity index (χ2v) is 8.00. The Bertz CT molecular complexity index is 1200. The minimum absolute atomic E-state index is 0.0190. The third-order valence-corrected chi connectivity index (χ3v) is 5.74. The maximum absolute atomic E-state index is 12.1. The predicted octanol–water partition coefficient (Wildman–Crippen LogP) is 3.64. The van der Waals surface area contributed by atoms with E-state index in [9.17, 15) is 4.79 Å². The zero-order chi connectivity index (χ0) is 23.9. The Labute approximate surface area is 197 Å². The van der Waals surface area contributed by atoms with Crippen molar-refractivity contribution >= 4 is 17.5 Å². The average molecular weight is 456 g/mol. The molecule has 34 heavy (non-hydrogen) atoms. The molecule has 9 heteroatoms. The first-order valence-corrected chi connectivity index (χ1v) is 11.0. The van der Waals surface area contributed by atoms with Gasteiger partial charge in [0.25, 0.3) is 5.91 Å². The van der Waals surface area contributed by atoms with Crippen molar-refractivity contribution < 1.29 is 9.53 Å². The van der Waals surface area contributed by atoms with Crippen molar-refractivity contribution in [1.29, 1.82) is 5.26 Å². The van der Waals surface area contributed by atoms with Crippen molar-refractivity contribution in [3.8, 4) is 28.7 Å². The summed E-state index contributed by atoms with van der Waals surface area (Å²) < 4.78 is 5.81. The van der Waals surface area contributed by atoms with Gasteiger partial charge in [-0.2, -0.15) is 5.26 Å². The van der Waals surface area contributed by atoms with E-state index >= 15 is 0 Å². The van der Waals surface area contributed by atoms with Gasteiger partial charge >= 0.3 is 0 Å². The monoisotopic (exact) mass is 455 g/mol. The number of rotatable bonds is 7. The fourth-order valence-corrected chi connectivity index (χ4v) is 3.87. The summed E-state index contributed by atoms with van der Waals surface area (Å²) in [6.07, 6.45) is 6.44. The number of hydrogen-bond acceptors (Lipinski definition) is 8. The molecule has 3 heterocycles. The lowest BCUT2D eigenvalue weighted by Crippen LogP contribution is -2.40. The largest absolute Gasteiger partial charge is 0.456 e. The van der Waals surface area contributed by atoms with Crippen LogP contribution in [0.3, 0.4) is 0 Å². The van der Waals surface area contributed by atoms with E-state index in [0.29, 0.717) is 48.7 Å². The van der Waals surface area contributed by atoms with Gasteiger partial charge in [0.05, 0.1) is 11.8 Å². The Morgan fingerprint density at radius 3 is 2.65 bits per heavy atom. The molecule has 0 radical (unpaired) electrons. The fourth-order valence-electron chi connectivity index (χ4n) is 3.87. The first kappa shape index (κ1) is 22.7. The van der Waals surface area contributed by atoms with Gasteiger partial charge < -0.3 is 20.7 Å². The normalized spacial score (nSPS) is 13.7. The number of amides is 1. The Hall–Kier alpha value is -4.45. The van der Waals surface area contributed by atoms with Crippen molar-refractivity contribution in [2.75, 3.05) is 30.7 Å². The maximum Gasteiger partial charge on any atom is 0.263 e. The van der Waals surface area contributed by atoms with Crippen LogP contribution in [0.15, 0.2) is 67.3 Å². The standard InChI is InChI=1S/C25H25N7O2/c1-17(13-26)25(33)32-11-8-18(9-12-32)14-29-24-22(23(27)30-16-31-24)19-4-6-20(7-5-19)34-21-3-2-10-28-15-21/h2-7,10,15-16,18H,1,8-9,11-12,14H2,(H3,27,29,30,31). The van der Waals surface area contributed by atoms with Crippen LogP contribution in [-0.4, -0.2) is 45.4 Å². The molecule has 1 amide bonds. The number of hydrogen-bond donors (Lipinski definition) is 2. The molecule has 1 saturated heterocycles. The van der Waals surface area contributed by atoms with Gasteiger partial charge in [-0.1, -0.05) is 18.7 Å². The van der Waals surface area contributed by atoms with Gasteiger partial charge in [0.1, 0.15) is 41.1 Å². The number of benzene rings is 1. The van der Waals surface area contributed by atoms with E-state index in [4.69, 9.17) is 15.7 Å². The van der Waals surface area contributed by atoms with Crippen LogP contribution in [0.2, 0.25) is 0 Å². The number of nitrogens with one attached hydrogen (secondary N) is 1. The molecule has 1 fully saturated rings. The second kappa shape index (κ2) is 10.4. The number of likely N-dealkylation sites (tertiary alicyclic amines) is 1. The van der Waals surface area contributed by atoms with Crippen molar-refractivity contribution in [1.82, 2.24) is 19.9 Å². The van der Waals surface area contributed by atoms with Crippen molar-refractivity contribution in [3.05, 3.63) is 67.3 Å². The minimum atomic E-state index is -0.282. The Morgan fingerprint density at radius 1 is 1.21 bits per heavy atom. The molecule has 172 valence electrons. The molecule has 0 unspecified atom stereocenters. The molecule has 0 spiro atoms. The van der Waals surface area contributed by atoms with Crippen LogP contribution < -0.4 is 15.8 Å². The van der Waals surface area contributed by atoms with Crippen LogP contribution in [0.5, 0.6) is 11.5 Å². The van der Waals surface area contributed by atoms with Crippen LogP contribution in [0.4, 0.5) is 11.6 Å². The number of ether oxygens (including phenoxy) is 1. The highest BCUT2D eigenvalue weighted by atomic mass is 16.5. The Kier molecular flexibility index (Phi) is 6.98. The number of nitrogens with two attached hydrogens (primary N) is 1. The first-order valence-electron chi connectivity index (χ1n) is 11.0. The molecule has 1 aromatic carbocycles. The molecule has 9 nitrogen and oxygen atoms in total. The highest BCUT2D eigenvalue weighted by molar-refractivity contribution is 5.96. The van der Waals surface area contributed by atoms with Gasteiger partial charge in [-0.05, 0) is 48.6 Å². The maximum atomic E-state index is 12.1. The molecule has 3 N–H and O–H groups in total. The summed E-state index contributed by atoms with van der Waals surface area (Å²) in [5, 5.41) is 12.3. The van der Waals surface area contributed by atoms with E-state index in [1.54, 1.807) is 17.3 Å². The van der Waals surface area contributed by atoms with Gasteiger partial charge in [-0.3, -0.25) is 9.78 Å². The Morgan fingerprint density at radius 2 is 1.97 bits per heavy atom. The summed E-state index contributed by atoms with van der Waals surface area (Å²) in [5.74, 6) is 2.46. The molecule has 0 atom stereocenters. The number of nitrogens with zero attached hydrogens (tertiary/aromatic N) is 5. The van der Waals surface area contributed by atoms with Crippen molar-refractivity contribution in [3.63, 3.8) is 0 Å². The number of piperidine rings is 1. The third-order valence-electron chi connectivity index (χ3n) is 5.74. The lowest BCUT2D eigenvalue weighted by Gasteiger charge is -2.32. The molecule has 0 bridgehead atoms. The molecular formula is C25H25N7O2. The van der Waals surface area contributed by atoms with E-state index < -0.39 is 0 Å². The Balaban J connectivity index is 1.40. The fraction of sp³-hybridized carbons (Fsp3) is 0.240. The SMILES string of the molecule is C=C(C#N)C(=O)N1CCC(CNc2ncnc(N)c2-c2ccc(Oc3cccnc3)cc2)CC1. The predicted molar refractivity (Wildman–Crippen MR) is 129 cm³/mol. The molecular weight excluding hydrogens is 430 g/mol. The smallest absolute Gasteiger partial charge is 0.263 e. The quantitative estimate of drug-likeness (QED) is 0.408. The summed E-state index contributed by atoms with van der Waals surface area (Å²) in [4.78, 5) is 26.4. The molecule has 1 aliphatic heterocycles. The highest BCUT2D eigenvalue weighted by Crippen LogP contribution is 2.33. The molecule has 4 rings (SSSR count). The van der Waals surface area contributed by atoms with Gasteiger partial charge in [0, 0.05) is 25.8 Å². The highest BCUT2D eigenvalue weighted by Gasteiger charge is 2.24. The van der Waals surface area contributed by atoms with Crippen LogP contribution in [0.25, 0.3) is 11.1 Å². The summed E-state index contributed by atoms with van der Waals surface area (Å²) in [7, 11) is 0. The van der Waals surface area contributed by atoms with Crippen LogP contribution in [0.1, 0.15) is 12.8 Å². The van der Waals surface area contributed by atoms with E-state index in [-0.39, 0.29) is 11.5 Å². The number of nitriles is 1. The zero-order valence-electron chi connectivity index (χ0n) is 18.6. The molecule has 3 aromatic rings. The van der Waals surface area contributed by atoms with E-state index in [2.05, 4.69) is 26.8 Å². The number of nitrogen functional groups attached to an aromatic ring is 1. The number of carbonyl (C=O) groups is 1. The lowest BCUT2D eigenvalue weighted by molar-refractivity contribution is -0.127. The number of aromatic nitrogens is 3. The van der Waals surface area contributed by atoms with E-state index in [1.807, 2.05) is 42.5 Å². The van der Waals surface area contributed by atoms with Gasteiger partial charge in [-0.15, -0.1) is 0 Å². The van der Waals surface area contributed by atoms with Crippen LogP contribution in [0, 0.1) is 17.2 Å². The molecule has 2 aromatic heterocycles. The second-order valence-electron chi connectivity index (χ2n) is 8.00. The third kappa shape index (κ3) is 5.30. The van der Waals surface area contributed by atoms with Gasteiger partial charge in [0.15, 0.2) is 0 Å². The van der Waals surface area contributed by atoms with E-state index in [1.165, 1.54) is 6.33 Å². The minimum Gasteiger partial charge on any atom is -0.456 e. The topological polar surface area (TPSA) is 130 Å². The summed E-state index contributed by atoms with van der Waals surface area (Å²) >= 11 is 0. The number of anilines is 2. The van der Waals surface area contributed by atoms with Crippen LogP contribution >= 0.6 is 0 Å². The first-order chi connectivity index (χ1) is 16.5. The van der Waals surface area contributed by atoms with Gasteiger partial charge in [-0.25, -0.2) is 9.97 Å². The summed E-state index contributed by atoms with van der Waals surface area (Å²) in [5.41, 5.74) is 7.79. The zero-order valence-corrected chi connectivity index (χ0v) is 18.6. The van der Waals surface area contributed by atoms with E-state index in [0.717, 1.165) is 24.0 Å².